The van der Waals surface area contributed by atoms with Gasteiger partial charge < -0.3 is 14.8 Å². The van der Waals surface area contributed by atoms with E-state index in [1.165, 1.54) is 89.0 Å². The third kappa shape index (κ3) is 8.35. The summed E-state index contributed by atoms with van der Waals surface area (Å²) in [6, 6.07) is 19.6. The fraction of sp³-hybridized carbons (Fsp3) is 0.0857. The molecule has 0 amide bonds. The van der Waals surface area contributed by atoms with E-state index in [1.54, 1.807) is 38.6 Å². The monoisotopic (exact) mass is 729 g/mol. The maximum Gasteiger partial charge on any atom is 0.294 e. The molecular formula is C35H26F3N7O6S. The molecular weight excluding hydrogens is 703 g/mol. The number of benzene rings is 3. The van der Waals surface area contributed by atoms with Gasteiger partial charge in [0.15, 0.2) is 11.5 Å². The van der Waals surface area contributed by atoms with Crippen LogP contribution >= 0.6 is 12.0 Å². The first-order valence-electron chi connectivity index (χ1n) is 15.1. The second-order valence-corrected chi connectivity index (χ2v) is 11.4. The zero-order valence-corrected chi connectivity index (χ0v) is 28.2. The molecule has 264 valence electrons. The van der Waals surface area contributed by atoms with Crippen molar-refractivity contribution in [2.24, 2.45) is 14.1 Å². The lowest BCUT2D eigenvalue weighted by Gasteiger charge is -2.11. The van der Waals surface area contributed by atoms with Gasteiger partial charge in [-0.15, -0.1) is 0 Å². The molecule has 7 rings (SSSR count). The fourth-order valence-corrected chi connectivity index (χ4v) is 5.00. The van der Waals surface area contributed by atoms with Gasteiger partial charge in [-0.1, -0.05) is 0 Å². The van der Waals surface area contributed by atoms with E-state index in [0.717, 1.165) is 12.0 Å². The van der Waals surface area contributed by atoms with E-state index in [-0.39, 0.29) is 34.6 Å². The molecule has 0 aliphatic heterocycles. The third-order valence-corrected chi connectivity index (χ3v) is 7.72. The van der Waals surface area contributed by atoms with Crippen LogP contribution in [-0.2, 0) is 23.3 Å². The minimum atomic E-state index is -0.400. The van der Waals surface area contributed by atoms with Crippen molar-refractivity contribution in [1.82, 2.24) is 29.1 Å². The molecule has 0 saturated carbocycles. The van der Waals surface area contributed by atoms with Gasteiger partial charge in [-0.05, 0) is 84.9 Å². The van der Waals surface area contributed by atoms with Gasteiger partial charge in [0.1, 0.15) is 52.3 Å². The molecule has 0 aliphatic carbocycles. The number of ether oxygens (including phenoxy) is 2. The van der Waals surface area contributed by atoms with Crippen LogP contribution in [0.3, 0.4) is 0 Å². The number of aryl methyl sites for hydroxylation is 2. The molecule has 52 heavy (non-hydrogen) atoms. The summed E-state index contributed by atoms with van der Waals surface area (Å²) in [5.41, 5.74) is 0.652. The first kappa shape index (κ1) is 35.5. The van der Waals surface area contributed by atoms with Gasteiger partial charge in [0.2, 0.25) is 11.1 Å². The molecule has 1 N–H and O–H groups in total. The van der Waals surface area contributed by atoms with Gasteiger partial charge >= 0.3 is 0 Å². The Balaban J connectivity index is 0.000000181. The topological polar surface area (TPSA) is 145 Å². The van der Waals surface area contributed by atoms with Crippen molar-refractivity contribution in [3.8, 4) is 23.0 Å². The number of rotatable bonds is 9. The van der Waals surface area contributed by atoms with Crippen molar-refractivity contribution in [3.05, 3.63) is 135 Å². The molecule has 4 aromatic heterocycles. The quantitative estimate of drug-likeness (QED) is 0.0708. The van der Waals surface area contributed by atoms with E-state index in [0.29, 0.717) is 44.4 Å². The van der Waals surface area contributed by atoms with Crippen LogP contribution in [0.5, 0.6) is 23.0 Å². The molecule has 0 atom stereocenters. The summed E-state index contributed by atoms with van der Waals surface area (Å²) in [6.07, 6.45) is 3.09. The van der Waals surface area contributed by atoms with Gasteiger partial charge in [-0.2, -0.15) is 9.32 Å². The lowest BCUT2D eigenvalue weighted by molar-refractivity contribution is -0.160. The molecule has 0 unspecified atom stereocenters. The predicted molar refractivity (Wildman–Crippen MR) is 186 cm³/mol. The highest BCUT2D eigenvalue weighted by molar-refractivity contribution is 7.94. The second-order valence-electron chi connectivity index (χ2n) is 10.7. The molecule has 3 aromatic carbocycles. The van der Waals surface area contributed by atoms with Gasteiger partial charge in [-0.3, -0.25) is 18.7 Å². The number of hydrogen-bond donors (Lipinski definition) is 1. The molecule has 0 aliphatic rings. The van der Waals surface area contributed by atoms with Gasteiger partial charge in [-0.25, -0.2) is 33.0 Å². The Bertz CT molecular complexity index is 2480. The highest BCUT2D eigenvalue weighted by Gasteiger charge is 2.14. The van der Waals surface area contributed by atoms with E-state index in [9.17, 15) is 22.8 Å². The first-order valence-corrected chi connectivity index (χ1v) is 15.8. The molecule has 0 bridgehead atoms. The summed E-state index contributed by atoms with van der Waals surface area (Å²) >= 11 is 0.831. The number of nitrogens with zero attached hydrogens (tertiary/aromatic N) is 6. The zero-order valence-electron chi connectivity index (χ0n) is 27.4. The lowest BCUT2D eigenvalue weighted by atomic mass is 10.3. The van der Waals surface area contributed by atoms with E-state index in [4.69, 9.17) is 13.8 Å². The molecule has 0 saturated heterocycles. The minimum absolute atomic E-state index is 0.0736. The number of nitrogens with one attached hydrogen (secondary N) is 1. The van der Waals surface area contributed by atoms with Gasteiger partial charge in [0.05, 0.1) is 7.11 Å². The van der Waals surface area contributed by atoms with Crippen molar-refractivity contribution in [1.29, 1.82) is 0 Å². The average molecular weight is 730 g/mol. The van der Waals surface area contributed by atoms with Crippen molar-refractivity contribution in [3.63, 3.8) is 0 Å². The van der Waals surface area contributed by atoms with Gasteiger partial charge in [0.25, 0.3) is 11.1 Å². The summed E-state index contributed by atoms with van der Waals surface area (Å²) in [6.45, 7) is 0. The minimum Gasteiger partial charge on any atom is -0.452 e. The van der Waals surface area contributed by atoms with Crippen LogP contribution in [0.4, 0.5) is 24.8 Å². The largest absolute Gasteiger partial charge is 0.452 e. The van der Waals surface area contributed by atoms with Crippen LogP contribution in [0.25, 0.3) is 22.1 Å². The summed E-state index contributed by atoms with van der Waals surface area (Å²) < 4.78 is 57.5. The van der Waals surface area contributed by atoms with Crippen LogP contribution in [0.2, 0.25) is 0 Å². The molecule has 7 aromatic rings. The fourth-order valence-electron chi connectivity index (χ4n) is 4.65. The first-order chi connectivity index (χ1) is 25.1. The van der Waals surface area contributed by atoms with Crippen LogP contribution in [-0.4, -0.2) is 36.2 Å². The number of halogens is 3. The van der Waals surface area contributed by atoms with Crippen LogP contribution in [0, 0.1) is 17.5 Å². The average Bonchev–Trinajstić information content (AvgIpc) is 3.15. The van der Waals surface area contributed by atoms with Crippen LogP contribution in [0.15, 0.2) is 112 Å². The maximum atomic E-state index is 13.0. The second kappa shape index (κ2) is 15.7. The SMILES string of the molecule is COOSc1ncc2cc(Oc3ccc(F)cc3)c(=O)n(C)c2n1.Cn1c(=O)c(Oc2ccc(F)cc2)cc2cnc(Nc3ccc(F)cc3)nc21. The number of aromatic nitrogens is 6. The Morgan fingerprint density at radius 3 is 1.62 bits per heavy atom. The highest BCUT2D eigenvalue weighted by Crippen LogP contribution is 2.25. The summed E-state index contributed by atoms with van der Waals surface area (Å²) in [4.78, 5) is 46.4. The van der Waals surface area contributed by atoms with E-state index < -0.39 is 11.4 Å². The standard InChI is InChI=1S/C20H14F2N4O2.C15H12FN3O4S/c1-26-18-12(10-17(19(26)27)28-16-8-4-14(22)5-9-16)11-23-20(25-18)24-15-6-2-13(21)3-7-15;1-19-13-9(8-17-15(18-13)24-23-21-2)7-12(14(19)20)22-11-5-3-10(16)4-6-11/h2-11H,1H3,(H,23,24,25);3-8H,1-2H3. The number of hydrogen-bond acceptors (Lipinski definition) is 12. The van der Waals surface area contributed by atoms with Crippen molar-refractivity contribution >= 4 is 45.7 Å². The Hall–Kier alpha value is -6.30. The molecule has 0 radical (unpaired) electrons. The van der Waals surface area contributed by atoms with Gasteiger partial charge in [0, 0.05) is 42.9 Å². The number of anilines is 2. The zero-order chi connectivity index (χ0) is 36.8. The summed E-state index contributed by atoms with van der Waals surface area (Å²) in [5, 5.41) is 4.45. The van der Waals surface area contributed by atoms with E-state index >= 15 is 0 Å². The van der Waals surface area contributed by atoms with Crippen molar-refractivity contribution in [2.75, 3.05) is 12.4 Å². The molecule has 17 heteroatoms. The van der Waals surface area contributed by atoms with Crippen molar-refractivity contribution in [2.45, 2.75) is 5.16 Å². The smallest absolute Gasteiger partial charge is 0.294 e. The van der Waals surface area contributed by atoms with Crippen LogP contribution in [0.1, 0.15) is 0 Å². The molecule has 4 heterocycles. The third-order valence-electron chi connectivity index (χ3n) is 7.17. The lowest BCUT2D eigenvalue weighted by Crippen LogP contribution is -2.19. The molecule has 13 nitrogen and oxygen atoms in total. The molecule has 0 fully saturated rings. The number of fused-ring (bicyclic) bond motifs is 2. The molecule has 0 spiro atoms. The Kier molecular flexibility index (Phi) is 10.7. The van der Waals surface area contributed by atoms with Crippen LogP contribution < -0.4 is 25.9 Å². The predicted octanol–water partition coefficient (Wildman–Crippen LogP) is 6.99. The Morgan fingerprint density at radius 1 is 0.654 bits per heavy atom. The van der Waals surface area contributed by atoms with E-state index in [2.05, 4.69) is 30.1 Å². The Labute approximate surface area is 296 Å². The number of pyridine rings is 2. The van der Waals surface area contributed by atoms with E-state index in [1.807, 2.05) is 0 Å². The summed E-state index contributed by atoms with van der Waals surface area (Å²) in [7, 11) is 4.50. The Morgan fingerprint density at radius 2 is 1.12 bits per heavy atom. The summed E-state index contributed by atoms with van der Waals surface area (Å²) in [5.74, 6) is 0.00204. The van der Waals surface area contributed by atoms with Crippen molar-refractivity contribution < 1.29 is 31.9 Å². The maximum absolute atomic E-state index is 13.0. The highest BCUT2D eigenvalue weighted by atomic mass is 32.2. The normalized spacial score (nSPS) is 10.9.